The highest BCUT2D eigenvalue weighted by Gasteiger charge is 2.40. The molecule has 2 heterocycles. The van der Waals surface area contributed by atoms with Crippen molar-refractivity contribution < 1.29 is 9.59 Å². The van der Waals surface area contributed by atoms with E-state index in [1.54, 1.807) is 11.0 Å². The van der Waals surface area contributed by atoms with Crippen molar-refractivity contribution in [3.8, 4) is 0 Å². The lowest BCUT2D eigenvalue weighted by molar-refractivity contribution is -0.137. The van der Waals surface area contributed by atoms with Crippen molar-refractivity contribution >= 4 is 19.8 Å². The van der Waals surface area contributed by atoms with E-state index >= 15 is 0 Å². The molecule has 0 aromatic rings. The fourth-order valence-electron chi connectivity index (χ4n) is 2.46. The van der Waals surface area contributed by atoms with Gasteiger partial charge in [0.1, 0.15) is 0 Å². The number of carbonyl (C=O) groups excluding carboxylic acids is 2. The number of ketones is 1. The maximum atomic E-state index is 12.3. The summed E-state index contributed by atoms with van der Waals surface area (Å²) in [4.78, 5) is 26.1. The van der Waals surface area contributed by atoms with E-state index in [1.807, 2.05) is 0 Å². The van der Waals surface area contributed by atoms with Gasteiger partial charge in [-0.2, -0.15) is 0 Å². The first-order chi connectivity index (χ1) is 7.41. The Balaban J connectivity index is 2.36. The molecule has 1 atom stereocenters. The highest BCUT2D eigenvalue weighted by atomic mass is 28.3. The van der Waals surface area contributed by atoms with Crippen LogP contribution < -0.4 is 0 Å². The second-order valence-corrected chi connectivity index (χ2v) is 10.8. The second kappa shape index (κ2) is 3.84. The molecule has 1 unspecified atom stereocenters. The molecule has 88 valence electrons. The first-order valence-corrected chi connectivity index (χ1v) is 9.48. The normalized spacial score (nSPS) is 26.6. The Bertz CT molecular complexity index is 368. The summed E-state index contributed by atoms with van der Waals surface area (Å²) < 4.78 is 0. The van der Waals surface area contributed by atoms with Gasteiger partial charge in [-0.3, -0.25) is 9.59 Å². The minimum atomic E-state index is -1.69. The zero-order valence-electron chi connectivity index (χ0n) is 10.2. The molecule has 0 aliphatic carbocycles. The number of nitrogens with zero attached hydrogens (tertiary/aromatic N) is 1. The quantitative estimate of drug-likeness (QED) is 0.652. The van der Waals surface area contributed by atoms with E-state index in [-0.39, 0.29) is 17.7 Å². The molecule has 0 aromatic carbocycles. The third-order valence-electron chi connectivity index (χ3n) is 3.42. The second-order valence-electron chi connectivity index (χ2n) is 5.72. The molecule has 0 aromatic heterocycles. The number of hydrogen-bond acceptors (Lipinski definition) is 2. The summed E-state index contributed by atoms with van der Waals surface area (Å²) in [5.41, 5.74) is 0. The van der Waals surface area contributed by atoms with Gasteiger partial charge in [0.05, 0.1) is 14.1 Å². The zero-order valence-corrected chi connectivity index (χ0v) is 11.2. The summed E-state index contributed by atoms with van der Waals surface area (Å²) in [7, 11) is -1.69. The van der Waals surface area contributed by atoms with Gasteiger partial charge in [0, 0.05) is 11.7 Å². The minimum Gasteiger partial charge on any atom is -0.329 e. The first-order valence-electron chi connectivity index (χ1n) is 5.98. The monoisotopic (exact) mass is 237 g/mol. The van der Waals surface area contributed by atoms with Crippen molar-refractivity contribution in [2.75, 3.05) is 6.54 Å². The van der Waals surface area contributed by atoms with E-state index in [1.165, 1.54) is 0 Å². The fourth-order valence-corrected chi connectivity index (χ4v) is 3.82. The Kier molecular flexibility index (Phi) is 2.78. The summed E-state index contributed by atoms with van der Waals surface area (Å²) in [5, 5.41) is 0.802. The molecule has 1 amide bonds. The van der Waals surface area contributed by atoms with Crippen LogP contribution in [0.5, 0.6) is 0 Å². The molecule has 2 aliphatic rings. The van der Waals surface area contributed by atoms with Crippen LogP contribution >= 0.6 is 0 Å². The van der Waals surface area contributed by atoms with E-state index in [0.29, 0.717) is 0 Å². The third-order valence-corrected chi connectivity index (χ3v) is 5.39. The van der Waals surface area contributed by atoms with Crippen molar-refractivity contribution in [2.45, 2.75) is 44.9 Å². The number of hydrogen-bond donors (Lipinski definition) is 0. The van der Waals surface area contributed by atoms with Gasteiger partial charge in [0.2, 0.25) is 5.91 Å². The maximum absolute atomic E-state index is 12.3. The van der Waals surface area contributed by atoms with Crippen LogP contribution in [0.1, 0.15) is 19.3 Å². The zero-order chi connectivity index (χ0) is 11.9. The van der Waals surface area contributed by atoms with Crippen molar-refractivity contribution in [3.63, 3.8) is 0 Å². The van der Waals surface area contributed by atoms with Gasteiger partial charge in [-0.1, -0.05) is 19.6 Å². The smallest absolute Gasteiger partial charge is 0.246 e. The Morgan fingerprint density at radius 3 is 2.56 bits per heavy atom. The molecular weight excluding hydrogens is 218 g/mol. The summed E-state index contributed by atoms with van der Waals surface area (Å²) in [6.45, 7) is 7.12. The highest BCUT2D eigenvalue weighted by molar-refractivity contribution is 6.87. The summed E-state index contributed by atoms with van der Waals surface area (Å²) >= 11 is 0. The third kappa shape index (κ3) is 1.86. The molecule has 0 radical (unpaired) electrons. The molecule has 0 N–H and O–H groups in total. The topological polar surface area (TPSA) is 37.4 Å². The van der Waals surface area contributed by atoms with E-state index < -0.39 is 8.07 Å². The predicted octanol–water partition coefficient (Wildman–Crippen LogP) is 1.75. The Morgan fingerprint density at radius 1 is 1.25 bits per heavy atom. The Morgan fingerprint density at radius 2 is 1.94 bits per heavy atom. The van der Waals surface area contributed by atoms with Gasteiger partial charge < -0.3 is 4.90 Å². The van der Waals surface area contributed by atoms with Crippen LogP contribution in [0.25, 0.3) is 0 Å². The van der Waals surface area contributed by atoms with Crippen molar-refractivity contribution in [1.29, 1.82) is 0 Å². The maximum Gasteiger partial charge on any atom is 0.246 e. The minimum absolute atomic E-state index is 0.128. The summed E-state index contributed by atoms with van der Waals surface area (Å²) in [6.07, 6.45) is 4.59. The standard InChI is InChI=1S/C12H19NO2Si/c1-16(2,3)11-8-10(14)9-6-4-5-7-13(9)12(11)15/h8-9H,4-7H2,1-3H3. The lowest BCUT2D eigenvalue weighted by Crippen LogP contribution is -2.54. The van der Waals surface area contributed by atoms with Crippen LogP contribution in [0.15, 0.2) is 11.3 Å². The Labute approximate surface area is 97.5 Å². The van der Waals surface area contributed by atoms with Gasteiger partial charge in [0.25, 0.3) is 0 Å². The highest BCUT2D eigenvalue weighted by Crippen LogP contribution is 2.28. The van der Waals surface area contributed by atoms with E-state index in [9.17, 15) is 9.59 Å². The predicted molar refractivity (Wildman–Crippen MR) is 65.8 cm³/mol. The molecule has 4 heteroatoms. The van der Waals surface area contributed by atoms with Crippen molar-refractivity contribution in [2.24, 2.45) is 0 Å². The average molecular weight is 237 g/mol. The molecule has 0 spiro atoms. The molecule has 2 rings (SSSR count). The largest absolute Gasteiger partial charge is 0.329 e. The van der Waals surface area contributed by atoms with Gasteiger partial charge in [0.15, 0.2) is 5.78 Å². The van der Waals surface area contributed by atoms with Gasteiger partial charge in [-0.25, -0.2) is 0 Å². The van der Waals surface area contributed by atoms with E-state index in [0.717, 1.165) is 31.0 Å². The van der Waals surface area contributed by atoms with Crippen LogP contribution in [-0.2, 0) is 9.59 Å². The summed E-state index contributed by atoms with van der Waals surface area (Å²) in [6, 6.07) is -0.152. The summed E-state index contributed by atoms with van der Waals surface area (Å²) in [5.74, 6) is 0.278. The van der Waals surface area contributed by atoms with E-state index in [4.69, 9.17) is 0 Å². The first kappa shape index (κ1) is 11.6. The van der Waals surface area contributed by atoms with Crippen molar-refractivity contribution in [1.82, 2.24) is 4.90 Å². The molecule has 0 saturated carbocycles. The number of fused-ring (bicyclic) bond motifs is 1. The average Bonchev–Trinajstić information content (AvgIpc) is 2.22. The Hall–Kier alpha value is -0.903. The van der Waals surface area contributed by atoms with E-state index in [2.05, 4.69) is 19.6 Å². The van der Waals surface area contributed by atoms with Gasteiger partial charge in [-0.05, 0) is 25.3 Å². The molecule has 0 bridgehead atoms. The SMILES string of the molecule is C[Si](C)(C)C1=CC(=O)C2CCCCN2C1=O. The number of carbonyl (C=O) groups is 2. The molecular formula is C12H19NO2Si. The fraction of sp³-hybridized carbons (Fsp3) is 0.667. The molecule has 2 aliphatic heterocycles. The van der Waals surface area contributed by atoms with Crippen LogP contribution in [-0.4, -0.2) is 37.3 Å². The molecule has 1 saturated heterocycles. The molecule has 16 heavy (non-hydrogen) atoms. The number of amides is 1. The van der Waals surface area contributed by atoms with Crippen LogP contribution in [0.3, 0.4) is 0 Å². The lowest BCUT2D eigenvalue weighted by Gasteiger charge is -2.39. The van der Waals surface area contributed by atoms with Crippen molar-refractivity contribution in [3.05, 3.63) is 11.3 Å². The van der Waals surface area contributed by atoms with Crippen LogP contribution in [0.2, 0.25) is 19.6 Å². The van der Waals surface area contributed by atoms with Gasteiger partial charge in [-0.15, -0.1) is 0 Å². The number of piperidine rings is 1. The number of rotatable bonds is 1. The molecule has 1 fully saturated rings. The van der Waals surface area contributed by atoms with Crippen LogP contribution in [0.4, 0.5) is 0 Å². The van der Waals surface area contributed by atoms with Gasteiger partial charge >= 0.3 is 0 Å². The van der Waals surface area contributed by atoms with Crippen LogP contribution in [0, 0.1) is 0 Å². The lowest BCUT2D eigenvalue weighted by atomic mass is 9.95. The molecule has 3 nitrogen and oxygen atoms in total.